The average molecular weight is 365 g/mol. The highest BCUT2D eigenvalue weighted by Gasteiger charge is 2.27. The Morgan fingerprint density at radius 3 is 2.81 bits per heavy atom. The second-order valence-electron chi connectivity index (χ2n) is 5.79. The summed E-state index contributed by atoms with van der Waals surface area (Å²) in [4.78, 5) is 28.8. The normalized spacial score (nSPS) is 14.5. The summed E-state index contributed by atoms with van der Waals surface area (Å²) in [7, 11) is 0. The van der Waals surface area contributed by atoms with E-state index in [0.717, 1.165) is 11.1 Å². The van der Waals surface area contributed by atoms with Gasteiger partial charge in [0.25, 0.3) is 0 Å². The second-order valence-corrected chi connectivity index (χ2v) is 5.79. The summed E-state index contributed by atoms with van der Waals surface area (Å²) >= 11 is 0. The Labute approximate surface area is 146 Å². The molecular weight excluding hydrogens is 351 g/mol. The number of rotatable bonds is 4. The van der Waals surface area contributed by atoms with Crippen LogP contribution in [0.4, 0.5) is 18.0 Å². The topological polar surface area (TPSA) is 71.5 Å². The van der Waals surface area contributed by atoms with Gasteiger partial charge in [0.1, 0.15) is 29.7 Å². The third-order valence-electron chi connectivity index (χ3n) is 3.80. The third kappa shape index (κ3) is 3.76. The molecule has 1 atom stereocenters. The molecule has 1 aliphatic rings. The molecular formula is C17H14F3N3O3. The van der Waals surface area contributed by atoms with Crippen LogP contribution in [0, 0.1) is 17.5 Å². The van der Waals surface area contributed by atoms with Gasteiger partial charge in [-0.05, 0) is 25.1 Å². The first-order valence-corrected chi connectivity index (χ1v) is 7.69. The lowest BCUT2D eigenvalue weighted by atomic mass is 10.1. The number of benzene rings is 1. The first-order chi connectivity index (χ1) is 12.3. The Hall–Kier alpha value is -3.10. The van der Waals surface area contributed by atoms with Gasteiger partial charge in [-0.15, -0.1) is 0 Å². The number of amides is 2. The second kappa shape index (κ2) is 7.03. The Morgan fingerprint density at radius 1 is 1.31 bits per heavy atom. The molecule has 0 saturated heterocycles. The fraction of sp³-hybridized carbons (Fsp3) is 0.235. The number of ether oxygens (including phenoxy) is 1. The smallest absolute Gasteiger partial charge is 0.410 e. The summed E-state index contributed by atoms with van der Waals surface area (Å²) in [5.41, 5.74) is 0.296. The van der Waals surface area contributed by atoms with E-state index >= 15 is 0 Å². The monoisotopic (exact) mass is 365 g/mol. The molecule has 1 aromatic heterocycles. The van der Waals surface area contributed by atoms with Crippen molar-refractivity contribution in [1.29, 1.82) is 0 Å². The van der Waals surface area contributed by atoms with Gasteiger partial charge in [-0.1, -0.05) is 0 Å². The van der Waals surface area contributed by atoms with Gasteiger partial charge in [-0.3, -0.25) is 14.7 Å². The van der Waals surface area contributed by atoms with Crippen molar-refractivity contribution in [2.45, 2.75) is 19.5 Å². The molecule has 1 N–H and O–H groups in total. The van der Waals surface area contributed by atoms with Crippen molar-refractivity contribution in [3.63, 3.8) is 0 Å². The minimum absolute atomic E-state index is 0.00309. The standard InChI is InChI=1S/C17H14F3N3O3/c1-9(16-13(20)5-12(19)6-21-16)22-15(24)8-23-7-10-4-11(18)2-3-14(10)26-17(23)25/h2-6,9H,7-8H2,1H3,(H,22,24)/t9-/m1/s1. The lowest BCUT2D eigenvalue weighted by Gasteiger charge is -2.27. The van der Waals surface area contributed by atoms with Crippen LogP contribution in [0.15, 0.2) is 30.5 Å². The average Bonchev–Trinajstić information content (AvgIpc) is 2.55. The molecule has 0 bridgehead atoms. The number of fused-ring (bicyclic) bond motifs is 1. The lowest BCUT2D eigenvalue weighted by molar-refractivity contribution is -0.122. The van der Waals surface area contributed by atoms with Crippen molar-refractivity contribution in [2.24, 2.45) is 0 Å². The Kier molecular flexibility index (Phi) is 4.79. The van der Waals surface area contributed by atoms with Crippen LogP contribution in [0.2, 0.25) is 0 Å². The van der Waals surface area contributed by atoms with E-state index in [9.17, 15) is 22.8 Å². The molecule has 0 fully saturated rings. The van der Waals surface area contributed by atoms with Crippen molar-refractivity contribution in [3.05, 3.63) is 59.2 Å². The number of nitrogens with one attached hydrogen (secondary N) is 1. The zero-order valence-corrected chi connectivity index (χ0v) is 13.6. The van der Waals surface area contributed by atoms with Crippen molar-refractivity contribution in [2.75, 3.05) is 6.54 Å². The zero-order valence-electron chi connectivity index (χ0n) is 13.6. The van der Waals surface area contributed by atoms with Gasteiger partial charge >= 0.3 is 6.09 Å². The summed E-state index contributed by atoms with van der Waals surface area (Å²) < 4.78 is 45.0. The highest BCUT2D eigenvalue weighted by molar-refractivity contribution is 5.83. The minimum atomic E-state index is -0.889. The molecule has 3 rings (SSSR count). The number of nitrogens with zero attached hydrogens (tertiary/aromatic N) is 2. The predicted molar refractivity (Wildman–Crippen MR) is 83.5 cm³/mol. The van der Waals surface area contributed by atoms with Gasteiger partial charge in [0.15, 0.2) is 0 Å². The Morgan fingerprint density at radius 2 is 2.08 bits per heavy atom. The molecule has 2 heterocycles. The highest BCUT2D eigenvalue weighted by atomic mass is 19.1. The van der Waals surface area contributed by atoms with E-state index < -0.39 is 35.5 Å². The molecule has 0 radical (unpaired) electrons. The number of hydrogen-bond donors (Lipinski definition) is 1. The van der Waals surface area contributed by atoms with Gasteiger partial charge < -0.3 is 10.1 Å². The summed E-state index contributed by atoms with van der Waals surface area (Å²) in [6, 6.07) is 3.55. The molecule has 0 spiro atoms. The molecule has 0 aliphatic carbocycles. The van der Waals surface area contributed by atoms with E-state index in [1.54, 1.807) is 0 Å². The number of halogens is 3. The van der Waals surface area contributed by atoms with E-state index in [-0.39, 0.29) is 24.5 Å². The van der Waals surface area contributed by atoms with Gasteiger partial charge in [-0.25, -0.2) is 18.0 Å². The first kappa shape index (κ1) is 17.7. The van der Waals surface area contributed by atoms with E-state index in [1.165, 1.54) is 25.1 Å². The lowest BCUT2D eigenvalue weighted by Crippen LogP contribution is -2.44. The van der Waals surface area contributed by atoms with Gasteiger partial charge in [-0.2, -0.15) is 0 Å². The maximum atomic E-state index is 13.7. The quantitative estimate of drug-likeness (QED) is 0.904. The number of aromatic nitrogens is 1. The molecule has 1 aliphatic heterocycles. The number of hydrogen-bond acceptors (Lipinski definition) is 4. The van der Waals surface area contributed by atoms with Crippen molar-refractivity contribution >= 4 is 12.0 Å². The van der Waals surface area contributed by atoms with E-state index in [4.69, 9.17) is 4.74 Å². The van der Waals surface area contributed by atoms with Crippen LogP contribution < -0.4 is 10.1 Å². The largest absolute Gasteiger partial charge is 0.416 e. The van der Waals surface area contributed by atoms with Crippen molar-refractivity contribution in [3.8, 4) is 5.75 Å². The molecule has 0 saturated carbocycles. The van der Waals surface area contributed by atoms with Crippen molar-refractivity contribution in [1.82, 2.24) is 15.2 Å². The number of pyridine rings is 1. The van der Waals surface area contributed by atoms with E-state index in [1.807, 2.05) is 0 Å². The summed E-state index contributed by atoms with van der Waals surface area (Å²) in [6.07, 6.45) is 0.0900. The van der Waals surface area contributed by atoms with E-state index in [0.29, 0.717) is 11.6 Å². The van der Waals surface area contributed by atoms with E-state index in [2.05, 4.69) is 10.3 Å². The SMILES string of the molecule is C[C@@H](NC(=O)CN1Cc2cc(F)ccc2OC1=O)c1ncc(F)cc1F. The molecule has 2 amide bonds. The van der Waals surface area contributed by atoms with Crippen LogP contribution in [0.25, 0.3) is 0 Å². The fourth-order valence-corrected chi connectivity index (χ4v) is 2.59. The summed E-state index contributed by atoms with van der Waals surface area (Å²) in [5, 5.41) is 2.47. The van der Waals surface area contributed by atoms with Crippen LogP contribution in [0.1, 0.15) is 24.2 Å². The van der Waals surface area contributed by atoms with Crippen LogP contribution in [-0.2, 0) is 11.3 Å². The first-order valence-electron chi connectivity index (χ1n) is 7.69. The molecule has 9 heteroatoms. The fourth-order valence-electron chi connectivity index (χ4n) is 2.59. The van der Waals surface area contributed by atoms with Gasteiger partial charge in [0.05, 0.1) is 24.5 Å². The molecule has 0 unspecified atom stereocenters. The predicted octanol–water partition coefficient (Wildman–Crippen LogP) is 2.69. The van der Waals surface area contributed by atoms with Gasteiger partial charge in [0, 0.05) is 11.6 Å². The molecule has 6 nitrogen and oxygen atoms in total. The molecule has 136 valence electrons. The highest BCUT2D eigenvalue weighted by Crippen LogP contribution is 2.26. The van der Waals surface area contributed by atoms with Crippen LogP contribution in [0.3, 0.4) is 0 Å². The molecule has 26 heavy (non-hydrogen) atoms. The van der Waals surface area contributed by atoms with Crippen LogP contribution >= 0.6 is 0 Å². The van der Waals surface area contributed by atoms with Gasteiger partial charge in [0.2, 0.25) is 5.91 Å². The summed E-state index contributed by atoms with van der Waals surface area (Å²) in [5.74, 6) is -2.57. The zero-order chi connectivity index (χ0) is 18.8. The number of carbonyl (C=O) groups is 2. The molecule has 2 aromatic rings. The maximum Gasteiger partial charge on any atom is 0.416 e. The van der Waals surface area contributed by atoms with Crippen LogP contribution in [0.5, 0.6) is 5.75 Å². The number of carbonyl (C=O) groups excluding carboxylic acids is 2. The summed E-state index contributed by atoms with van der Waals surface area (Å²) in [6.45, 7) is 1.10. The Balaban J connectivity index is 1.65. The van der Waals surface area contributed by atoms with Crippen molar-refractivity contribution < 1.29 is 27.5 Å². The maximum absolute atomic E-state index is 13.7. The third-order valence-corrected chi connectivity index (χ3v) is 3.80. The van der Waals surface area contributed by atoms with Crippen LogP contribution in [-0.4, -0.2) is 28.4 Å². The molecule has 1 aromatic carbocycles. The Bertz CT molecular complexity index is 876. The minimum Gasteiger partial charge on any atom is -0.410 e.